The molecule has 1 heterocycles. The fraction of sp³-hybridized carbons (Fsp3) is 0.538. The van der Waals surface area contributed by atoms with Crippen molar-refractivity contribution in [3.63, 3.8) is 0 Å². The molecule has 1 aliphatic rings. The number of carbonyl (C=O) groups is 4. The highest BCUT2D eigenvalue weighted by molar-refractivity contribution is 5.74. The number of allylic oxidation sites excluding steroid dienone is 26. The maximum absolute atomic E-state index is 13.1. The van der Waals surface area contributed by atoms with E-state index in [9.17, 15) is 34.5 Å². The molecule has 12 nitrogen and oxygen atoms in total. The lowest BCUT2D eigenvalue weighted by Crippen LogP contribution is -2.61. The second-order valence-electron chi connectivity index (χ2n) is 18.4. The van der Waals surface area contributed by atoms with Crippen LogP contribution in [0.15, 0.2) is 158 Å². The number of ether oxygens (including phenoxy) is 5. The highest BCUT2D eigenvalue weighted by Crippen LogP contribution is 2.26. The van der Waals surface area contributed by atoms with Crippen molar-refractivity contribution in [3.05, 3.63) is 158 Å². The third-order valence-electron chi connectivity index (χ3n) is 11.6. The van der Waals surface area contributed by atoms with Gasteiger partial charge in [-0.05, 0) is 116 Å². The van der Waals surface area contributed by atoms with Crippen molar-refractivity contribution in [3.8, 4) is 0 Å². The minimum Gasteiger partial charge on any atom is -0.479 e. The summed E-state index contributed by atoms with van der Waals surface area (Å²) in [5.74, 6) is -3.40. The topological polar surface area (TPSA) is 175 Å². The Labute approximate surface area is 463 Å². The fourth-order valence-electron chi connectivity index (χ4n) is 7.36. The van der Waals surface area contributed by atoms with Gasteiger partial charge in [0.25, 0.3) is 0 Å². The Bertz CT molecular complexity index is 1940. The molecule has 1 aliphatic heterocycles. The largest absolute Gasteiger partial charge is 0.479 e. The quantitative estimate of drug-likeness (QED) is 0.0228. The summed E-state index contributed by atoms with van der Waals surface area (Å²) in [5, 5.41) is 31.4. The van der Waals surface area contributed by atoms with Crippen LogP contribution in [0.2, 0.25) is 0 Å². The first-order valence-electron chi connectivity index (χ1n) is 28.5. The van der Waals surface area contributed by atoms with E-state index < -0.39 is 73.9 Å². The molecule has 1 rings (SSSR count). The molecule has 0 saturated carbocycles. The Morgan fingerprint density at radius 1 is 0.429 bits per heavy atom. The smallest absolute Gasteiger partial charge is 0.335 e. The van der Waals surface area contributed by atoms with E-state index >= 15 is 0 Å². The predicted molar refractivity (Wildman–Crippen MR) is 312 cm³/mol. The standard InChI is InChI=1S/C65H96O12/c1-4-7-10-13-16-19-22-25-27-28-29-30-32-34-36-39-42-45-48-51-57(66)73-54-56(75-58(67)52-49-46-43-40-37-33-24-21-18-15-12-9-6-3)55-74-65-63(61(70)60(69)62(77-65)64(71)72)76-59(68)53-50-47-44-41-38-35-31-26-23-20-17-14-11-8-5-2/h7-12,16-21,25-27,29-31,33-34,36-37,42-43,45-46,56,60-63,65,69-70H,4-6,13-15,22-24,28,32,35,38-41,44,47-55H2,1-3H3,(H,71,72)/b10-7-,11-8-,12-9-,19-16-,20-17-,21-18-,27-25-,30-29-,31-26-,36-34-,37-33-,45-42-,46-43-. The Morgan fingerprint density at radius 3 is 1.23 bits per heavy atom. The van der Waals surface area contributed by atoms with Crippen LogP contribution in [0.1, 0.15) is 175 Å². The van der Waals surface area contributed by atoms with Gasteiger partial charge in [-0.3, -0.25) is 14.4 Å². The van der Waals surface area contributed by atoms with E-state index in [1.54, 1.807) is 0 Å². The van der Waals surface area contributed by atoms with Gasteiger partial charge in [0.2, 0.25) is 0 Å². The number of esters is 3. The first-order chi connectivity index (χ1) is 37.6. The highest BCUT2D eigenvalue weighted by atomic mass is 16.7. The molecule has 428 valence electrons. The number of carboxylic acid groups (broad SMARTS) is 1. The number of carboxylic acids is 1. The molecule has 3 N–H and O–H groups in total. The maximum atomic E-state index is 13.1. The van der Waals surface area contributed by atoms with E-state index in [0.29, 0.717) is 32.1 Å². The van der Waals surface area contributed by atoms with Crippen molar-refractivity contribution in [2.24, 2.45) is 0 Å². The third-order valence-corrected chi connectivity index (χ3v) is 11.6. The summed E-state index contributed by atoms with van der Waals surface area (Å²) in [5.41, 5.74) is 0. The second kappa shape index (κ2) is 51.1. The molecule has 0 spiro atoms. The van der Waals surface area contributed by atoms with Crippen molar-refractivity contribution >= 4 is 23.9 Å². The number of aliphatic hydroxyl groups is 2. The van der Waals surface area contributed by atoms with Crippen molar-refractivity contribution in [2.75, 3.05) is 13.2 Å². The summed E-state index contributed by atoms with van der Waals surface area (Å²) >= 11 is 0. The Balaban J connectivity index is 2.80. The second-order valence-corrected chi connectivity index (χ2v) is 18.4. The number of hydrogen-bond donors (Lipinski definition) is 3. The summed E-state index contributed by atoms with van der Waals surface area (Å²) in [6.45, 7) is 5.48. The fourth-order valence-corrected chi connectivity index (χ4v) is 7.36. The molecule has 0 bridgehead atoms. The molecular formula is C65H96O12. The van der Waals surface area contributed by atoms with Crippen molar-refractivity contribution < 1.29 is 58.2 Å². The minimum absolute atomic E-state index is 0.0139. The molecule has 0 aliphatic carbocycles. The average molecular weight is 1070 g/mol. The molecule has 1 fully saturated rings. The zero-order chi connectivity index (χ0) is 56.1. The van der Waals surface area contributed by atoms with Gasteiger partial charge in [0.1, 0.15) is 18.8 Å². The number of unbranched alkanes of at least 4 members (excludes halogenated alkanes) is 5. The highest BCUT2D eigenvalue weighted by Gasteiger charge is 2.50. The van der Waals surface area contributed by atoms with E-state index in [1.807, 2.05) is 30.4 Å². The van der Waals surface area contributed by atoms with Gasteiger partial charge in [0, 0.05) is 19.3 Å². The number of rotatable bonds is 45. The summed E-state index contributed by atoms with van der Waals surface area (Å²) in [6, 6.07) is 0. The number of aliphatic hydroxyl groups excluding tert-OH is 2. The Kier molecular flexibility index (Phi) is 46.0. The lowest BCUT2D eigenvalue weighted by atomic mass is 9.98. The molecule has 0 amide bonds. The first kappa shape index (κ1) is 69.4. The van der Waals surface area contributed by atoms with Crippen molar-refractivity contribution in [1.29, 1.82) is 0 Å². The lowest BCUT2D eigenvalue weighted by molar-refractivity contribution is -0.301. The van der Waals surface area contributed by atoms with Crippen LogP contribution in [0.25, 0.3) is 0 Å². The van der Waals surface area contributed by atoms with E-state index in [4.69, 9.17) is 23.7 Å². The van der Waals surface area contributed by atoms with E-state index in [2.05, 4.69) is 148 Å². The number of hydrogen-bond acceptors (Lipinski definition) is 11. The predicted octanol–water partition coefficient (Wildman–Crippen LogP) is 14.6. The van der Waals surface area contributed by atoms with Crippen LogP contribution in [0.5, 0.6) is 0 Å². The lowest BCUT2D eigenvalue weighted by Gasteiger charge is -2.40. The van der Waals surface area contributed by atoms with Gasteiger partial charge in [0.15, 0.2) is 24.6 Å². The van der Waals surface area contributed by atoms with Crippen LogP contribution >= 0.6 is 0 Å². The maximum Gasteiger partial charge on any atom is 0.335 e. The Morgan fingerprint density at radius 2 is 0.805 bits per heavy atom. The molecule has 0 aromatic rings. The van der Waals surface area contributed by atoms with Crippen LogP contribution in [0.3, 0.4) is 0 Å². The summed E-state index contributed by atoms with van der Waals surface area (Å²) in [7, 11) is 0. The molecule has 0 aromatic carbocycles. The number of carbonyl (C=O) groups excluding carboxylic acids is 3. The Hall–Kier alpha value is -5.66. The van der Waals surface area contributed by atoms with Crippen LogP contribution < -0.4 is 0 Å². The van der Waals surface area contributed by atoms with Gasteiger partial charge in [-0.1, -0.05) is 198 Å². The zero-order valence-electron chi connectivity index (χ0n) is 46.9. The van der Waals surface area contributed by atoms with Gasteiger partial charge in [0.05, 0.1) is 6.61 Å². The summed E-state index contributed by atoms with van der Waals surface area (Å²) in [4.78, 5) is 51.0. The van der Waals surface area contributed by atoms with Crippen LogP contribution in [0.4, 0.5) is 0 Å². The molecule has 1 saturated heterocycles. The van der Waals surface area contributed by atoms with Gasteiger partial charge in [-0.15, -0.1) is 0 Å². The molecule has 6 atom stereocenters. The van der Waals surface area contributed by atoms with Crippen molar-refractivity contribution in [2.45, 2.75) is 212 Å². The van der Waals surface area contributed by atoms with Gasteiger partial charge < -0.3 is 39.0 Å². The SMILES string of the molecule is CC/C=C\C/C=C\C/C=C\C/C=C\C/C=C\C/C=C\CCC(=O)OCC(COC1OC(C(=O)O)C(O)C(O)C1OC(=O)CCCCCCC/C=C\C/C=C\C/C=C\CC)OC(=O)CC/C=C\C/C=C\C/C=C\C/C=C\CC. The van der Waals surface area contributed by atoms with Crippen LogP contribution in [-0.2, 0) is 42.9 Å². The zero-order valence-corrected chi connectivity index (χ0v) is 46.9. The normalized spacial score (nSPS) is 19.2. The van der Waals surface area contributed by atoms with Crippen molar-refractivity contribution in [1.82, 2.24) is 0 Å². The van der Waals surface area contributed by atoms with E-state index in [1.165, 1.54) is 0 Å². The number of aliphatic carboxylic acids is 1. The minimum atomic E-state index is -1.94. The molecule has 0 aromatic heterocycles. The first-order valence-corrected chi connectivity index (χ1v) is 28.5. The third kappa shape index (κ3) is 41.2. The van der Waals surface area contributed by atoms with Crippen LogP contribution in [0, 0.1) is 0 Å². The van der Waals surface area contributed by atoms with E-state index in [0.717, 1.165) is 103 Å². The summed E-state index contributed by atoms with van der Waals surface area (Å²) in [6.07, 6.45) is 62.5. The average Bonchev–Trinajstić information content (AvgIpc) is 3.42. The van der Waals surface area contributed by atoms with E-state index in [-0.39, 0.29) is 19.3 Å². The molecule has 12 heteroatoms. The van der Waals surface area contributed by atoms with Gasteiger partial charge in [-0.2, -0.15) is 0 Å². The summed E-state index contributed by atoms with van der Waals surface area (Å²) < 4.78 is 28.2. The van der Waals surface area contributed by atoms with Gasteiger partial charge >= 0.3 is 23.9 Å². The molecular weight excluding hydrogens is 973 g/mol. The monoisotopic (exact) mass is 1070 g/mol. The molecule has 0 radical (unpaired) electrons. The van der Waals surface area contributed by atoms with Crippen LogP contribution in [-0.4, -0.2) is 89.2 Å². The molecule has 6 unspecified atom stereocenters. The van der Waals surface area contributed by atoms with Gasteiger partial charge in [-0.25, -0.2) is 4.79 Å². The molecule has 77 heavy (non-hydrogen) atoms.